The first-order chi connectivity index (χ1) is 14.7. The van der Waals surface area contributed by atoms with Crippen molar-refractivity contribution in [2.45, 2.75) is 25.7 Å². The van der Waals surface area contributed by atoms with Gasteiger partial charge in [-0.1, -0.05) is 24.3 Å². The summed E-state index contributed by atoms with van der Waals surface area (Å²) in [5.74, 6) is -0.759. The number of carbonyl (C=O) groups excluding carboxylic acids is 2. The third-order valence-electron chi connectivity index (χ3n) is 5.23. The number of aromatic nitrogens is 1. The quantitative estimate of drug-likeness (QED) is 0.605. The van der Waals surface area contributed by atoms with Crippen LogP contribution in [0.1, 0.15) is 25.0 Å². The van der Waals surface area contributed by atoms with E-state index in [1.807, 2.05) is 60.7 Å². The molecule has 0 atom stereocenters. The number of rotatable bonds is 7. The number of nitrogens with zero attached hydrogens (tertiary/aromatic N) is 2. The minimum absolute atomic E-state index is 0.184. The van der Waals surface area contributed by atoms with Crippen LogP contribution in [0.4, 0.5) is 11.4 Å². The standard InChI is InChI=1S/C24H25N3O3/c28-23(26-20-9-12-21(13-10-20)27-15-3-4-16-27)17-30-24(29)14-11-19-8-7-18-5-1-2-6-22(18)25-19/h1-2,5-10,12-13H,3-4,11,14-17H2,(H,26,28). The van der Waals surface area contributed by atoms with Crippen LogP contribution < -0.4 is 10.2 Å². The highest BCUT2D eigenvalue weighted by Gasteiger charge is 2.13. The fourth-order valence-corrected chi connectivity index (χ4v) is 3.62. The SMILES string of the molecule is O=C(COC(=O)CCc1ccc2ccccc2n1)Nc1ccc(N2CCCC2)cc1. The van der Waals surface area contributed by atoms with E-state index in [1.165, 1.54) is 18.5 Å². The summed E-state index contributed by atoms with van der Waals surface area (Å²) < 4.78 is 5.10. The number of nitrogens with one attached hydrogen (secondary N) is 1. The molecule has 3 aromatic rings. The molecule has 154 valence electrons. The third kappa shape index (κ3) is 5.14. The highest BCUT2D eigenvalue weighted by molar-refractivity contribution is 5.93. The Morgan fingerprint density at radius 1 is 0.967 bits per heavy atom. The second-order valence-electron chi connectivity index (χ2n) is 7.45. The number of fused-ring (bicyclic) bond motifs is 1. The molecule has 1 aliphatic heterocycles. The summed E-state index contributed by atoms with van der Waals surface area (Å²) in [7, 11) is 0. The predicted octanol–water partition coefficient (Wildman–Crippen LogP) is 3.95. The van der Waals surface area contributed by atoms with Crippen LogP contribution in [-0.4, -0.2) is 36.6 Å². The Balaban J connectivity index is 1.20. The molecule has 6 nitrogen and oxygen atoms in total. The van der Waals surface area contributed by atoms with E-state index in [2.05, 4.69) is 15.2 Å². The van der Waals surface area contributed by atoms with E-state index in [1.54, 1.807) is 0 Å². The van der Waals surface area contributed by atoms with Crippen molar-refractivity contribution >= 4 is 34.2 Å². The first kappa shape index (κ1) is 19.9. The number of ether oxygens (including phenoxy) is 1. The molecule has 0 spiro atoms. The molecule has 0 aliphatic carbocycles. The summed E-state index contributed by atoms with van der Waals surface area (Å²) in [6.45, 7) is 1.87. The highest BCUT2D eigenvalue weighted by atomic mass is 16.5. The lowest BCUT2D eigenvalue weighted by molar-refractivity contribution is -0.147. The maximum atomic E-state index is 12.1. The highest BCUT2D eigenvalue weighted by Crippen LogP contribution is 2.22. The Labute approximate surface area is 175 Å². The van der Waals surface area contributed by atoms with Crippen LogP contribution in [0, 0.1) is 0 Å². The monoisotopic (exact) mass is 403 g/mol. The van der Waals surface area contributed by atoms with Crippen molar-refractivity contribution in [1.82, 2.24) is 4.98 Å². The molecule has 2 aromatic carbocycles. The van der Waals surface area contributed by atoms with Crippen LogP contribution in [-0.2, 0) is 20.7 Å². The van der Waals surface area contributed by atoms with Crippen LogP contribution in [0.15, 0.2) is 60.7 Å². The molecular formula is C24H25N3O3. The van der Waals surface area contributed by atoms with E-state index in [4.69, 9.17) is 4.74 Å². The van der Waals surface area contributed by atoms with Gasteiger partial charge in [0.1, 0.15) is 0 Å². The van der Waals surface area contributed by atoms with E-state index < -0.39 is 5.97 Å². The second-order valence-corrected chi connectivity index (χ2v) is 7.45. The Hall–Kier alpha value is -3.41. The number of esters is 1. The van der Waals surface area contributed by atoms with Crippen LogP contribution >= 0.6 is 0 Å². The van der Waals surface area contributed by atoms with Gasteiger partial charge in [-0.2, -0.15) is 0 Å². The molecule has 0 bridgehead atoms. The zero-order valence-electron chi connectivity index (χ0n) is 16.8. The lowest BCUT2D eigenvalue weighted by atomic mass is 10.1. The molecule has 1 aliphatic rings. The van der Waals surface area contributed by atoms with Crippen molar-refractivity contribution in [3.05, 3.63) is 66.4 Å². The number of hydrogen-bond acceptors (Lipinski definition) is 5. The van der Waals surface area contributed by atoms with Gasteiger partial charge in [-0.15, -0.1) is 0 Å². The lowest BCUT2D eigenvalue weighted by Gasteiger charge is -2.17. The first-order valence-electron chi connectivity index (χ1n) is 10.3. The van der Waals surface area contributed by atoms with Crippen molar-refractivity contribution in [3.8, 4) is 0 Å². The number of amides is 1. The molecule has 1 N–H and O–H groups in total. The minimum atomic E-state index is -0.413. The van der Waals surface area contributed by atoms with E-state index in [-0.39, 0.29) is 18.9 Å². The zero-order valence-corrected chi connectivity index (χ0v) is 16.8. The molecular weight excluding hydrogens is 378 g/mol. The van der Waals surface area contributed by atoms with E-state index in [0.29, 0.717) is 12.1 Å². The Morgan fingerprint density at radius 2 is 1.73 bits per heavy atom. The Morgan fingerprint density at radius 3 is 2.53 bits per heavy atom. The number of pyridine rings is 1. The molecule has 1 amide bonds. The first-order valence-corrected chi connectivity index (χ1v) is 10.3. The topological polar surface area (TPSA) is 71.5 Å². The number of para-hydroxylation sites is 1. The predicted molar refractivity (Wildman–Crippen MR) is 118 cm³/mol. The van der Waals surface area contributed by atoms with Gasteiger partial charge in [-0.3, -0.25) is 14.6 Å². The van der Waals surface area contributed by atoms with E-state index in [0.717, 1.165) is 29.7 Å². The summed E-state index contributed by atoms with van der Waals surface area (Å²) in [6, 6.07) is 19.5. The van der Waals surface area contributed by atoms with Gasteiger partial charge in [-0.25, -0.2) is 0 Å². The van der Waals surface area contributed by atoms with Crippen LogP contribution in [0.2, 0.25) is 0 Å². The summed E-state index contributed by atoms with van der Waals surface area (Å²) in [5, 5.41) is 3.83. The summed E-state index contributed by atoms with van der Waals surface area (Å²) in [5.41, 5.74) is 3.59. The van der Waals surface area contributed by atoms with Gasteiger partial charge in [-0.05, 0) is 49.2 Å². The molecule has 0 unspecified atom stereocenters. The molecule has 30 heavy (non-hydrogen) atoms. The van der Waals surface area contributed by atoms with Gasteiger partial charge in [0.25, 0.3) is 5.91 Å². The minimum Gasteiger partial charge on any atom is -0.456 e. The molecule has 1 aromatic heterocycles. The lowest BCUT2D eigenvalue weighted by Crippen LogP contribution is -2.21. The Bertz CT molecular complexity index is 1030. The van der Waals surface area contributed by atoms with Gasteiger partial charge in [0.2, 0.25) is 0 Å². The molecule has 0 radical (unpaired) electrons. The maximum Gasteiger partial charge on any atom is 0.306 e. The average molecular weight is 403 g/mol. The number of carbonyl (C=O) groups is 2. The maximum absolute atomic E-state index is 12.1. The Kier molecular flexibility index (Phi) is 6.23. The van der Waals surface area contributed by atoms with Crippen LogP contribution in [0.25, 0.3) is 10.9 Å². The summed E-state index contributed by atoms with van der Waals surface area (Å²) >= 11 is 0. The normalized spacial score (nSPS) is 13.4. The molecule has 1 saturated heterocycles. The van der Waals surface area contributed by atoms with Gasteiger partial charge < -0.3 is 15.0 Å². The molecule has 0 saturated carbocycles. The zero-order chi connectivity index (χ0) is 20.8. The number of anilines is 2. The molecule has 1 fully saturated rings. The molecule has 2 heterocycles. The molecule has 4 rings (SSSR count). The van der Waals surface area contributed by atoms with Gasteiger partial charge >= 0.3 is 5.97 Å². The van der Waals surface area contributed by atoms with Crippen molar-refractivity contribution in [2.75, 3.05) is 29.9 Å². The smallest absolute Gasteiger partial charge is 0.306 e. The van der Waals surface area contributed by atoms with Crippen LogP contribution in [0.5, 0.6) is 0 Å². The van der Waals surface area contributed by atoms with Gasteiger partial charge in [0, 0.05) is 42.0 Å². The van der Waals surface area contributed by atoms with E-state index >= 15 is 0 Å². The second kappa shape index (κ2) is 9.39. The van der Waals surface area contributed by atoms with Gasteiger partial charge in [0.05, 0.1) is 11.9 Å². The number of aryl methyl sites for hydroxylation is 1. The van der Waals surface area contributed by atoms with E-state index in [9.17, 15) is 9.59 Å². The summed E-state index contributed by atoms with van der Waals surface area (Å²) in [6.07, 6.45) is 3.11. The van der Waals surface area contributed by atoms with Crippen molar-refractivity contribution in [3.63, 3.8) is 0 Å². The average Bonchev–Trinajstić information content (AvgIpc) is 3.31. The van der Waals surface area contributed by atoms with Crippen molar-refractivity contribution in [2.24, 2.45) is 0 Å². The van der Waals surface area contributed by atoms with Crippen LogP contribution in [0.3, 0.4) is 0 Å². The largest absolute Gasteiger partial charge is 0.456 e. The molecule has 6 heteroatoms. The van der Waals surface area contributed by atoms with Crippen molar-refractivity contribution < 1.29 is 14.3 Å². The fraction of sp³-hybridized carbons (Fsp3) is 0.292. The summed E-state index contributed by atoms with van der Waals surface area (Å²) in [4.78, 5) is 30.9. The van der Waals surface area contributed by atoms with Gasteiger partial charge in [0.15, 0.2) is 6.61 Å². The number of hydrogen-bond donors (Lipinski definition) is 1. The fourth-order valence-electron chi connectivity index (χ4n) is 3.62. The van der Waals surface area contributed by atoms with Crippen molar-refractivity contribution in [1.29, 1.82) is 0 Å². The third-order valence-corrected chi connectivity index (χ3v) is 5.23. The number of benzene rings is 2.